The molecule has 6 heteroatoms. The van der Waals surface area contributed by atoms with Gasteiger partial charge in [-0.15, -0.1) is 0 Å². The summed E-state index contributed by atoms with van der Waals surface area (Å²) in [5.74, 6) is 0.107. The standard InChI is InChI=1S/C12H11N5O/c13-6-9(14)10-11(15)17(12(18)16-10)7-8-4-2-1-3-5-8/h1-5,14H,7,15H2,(H,16,18). The van der Waals surface area contributed by atoms with E-state index in [0.717, 1.165) is 5.56 Å². The zero-order chi connectivity index (χ0) is 13.1. The molecule has 4 N–H and O–H groups in total. The van der Waals surface area contributed by atoms with Crippen LogP contribution in [-0.2, 0) is 6.54 Å². The van der Waals surface area contributed by atoms with E-state index in [4.69, 9.17) is 16.4 Å². The van der Waals surface area contributed by atoms with Crippen LogP contribution in [0, 0.1) is 16.7 Å². The second kappa shape index (κ2) is 4.59. The molecule has 90 valence electrons. The molecule has 0 unspecified atom stereocenters. The summed E-state index contributed by atoms with van der Waals surface area (Å²) in [7, 11) is 0. The Morgan fingerprint density at radius 3 is 2.72 bits per heavy atom. The second-order valence-corrected chi connectivity index (χ2v) is 3.75. The normalized spacial score (nSPS) is 9.94. The lowest BCUT2D eigenvalue weighted by Gasteiger charge is -2.04. The van der Waals surface area contributed by atoms with Crippen LogP contribution in [0.15, 0.2) is 35.1 Å². The van der Waals surface area contributed by atoms with E-state index in [1.165, 1.54) is 4.57 Å². The zero-order valence-corrected chi connectivity index (χ0v) is 9.47. The van der Waals surface area contributed by atoms with Crippen molar-refractivity contribution in [3.63, 3.8) is 0 Å². The molecule has 0 saturated heterocycles. The molecule has 2 rings (SSSR count). The van der Waals surface area contributed by atoms with Crippen LogP contribution in [-0.4, -0.2) is 15.3 Å². The highest BCUT2D eigenvalue weighted by Gasteiger charge is 2.14. The van der Waals surface area contributed by atoms with E-state index >= 15 is 0 Å². The van der Waals surface area contributed by atoms with Gasteiger partial charge in [0, 0.05) is 0 Å². The van der Waals surface area contributed by atoms with Crippen molar-refractivity contribution in [3.05, 3.63) is 52.1 Å². The number of hydrogen-bond acceptors (Lipinski definition) is 4. The number of aromatic nitrogens is 2. The highest BCUT2D eigenvalue weighted by molar-refractivity contribution is 6.10. The van der Waals surface area contributed by atoms with Crippen molar-refractivity contribution in [3.8, 4) is 6.07 Å². The SMILES string of the molecule is N#CC(=N)c1[nH]c(=O)n(Cc2ccccc2)c1N. The van der Waals surface area contributed by atoms with Gasteiger partial charge < -0.3 is 10.7 Å². The molecule has 1 aromatic carbocycles. The fraction of sp³-hybridized carbons (Fsp3) is 0.0833. The third kappa shape index (κ3) is 2.01. The van der Waals surface area contributed by atoms with E-state index in [0.29, 0.717) is 6.54 Å². The fourth-order valence-corrected chi connectivity index (χ4v) is 1.65. The summed E-state index contributed by atoms with van der Waals surface area (Å²) >= 11 is 0. The minimum atomic E-state index is -0.425. The lowest BCUT2D eigenvalue weighted by molar-refractivity contribution is 0.772. The molecular weight excluding hydrogens is 230 g/mol. The van der Waals surface area contributed by atoms with Gasteiger partial charge in [0.15, 0.2) is 5.71 Å². The van der Waals surface area contributed by atoms with Crippen molar-refractivity contribution in [2.24, 2.45) is 0 Å². The first-order valence-corrected chi connectivity index (χ1v) is 5.24. The van der Waals surface area contributed by atoms with Crippen LogP contribution in [0.5, 0.6) is 0 Å². The molecule has 6 nitrogen and oxygen atoms in total. The Kier molecular flexibility index (Phi) is 2.98. The predicted octanol–water partition coefficient (Wildman–Crippen LogP) is 0.698. The van der Waals surface area contributed by atoms with Gasteiger partial charge in [-0.3, -0.25) is 9.98 Å². The van der Waals surface area contributed by atoms with Crippen molar-refractivity contribution in [2.45, 2.75) is 6.54 Å². The molecular formula is C12H11N5O. The first kappa shape index (κ1) is 11.7. The molecule has 1 heterocycles. The fourth-order valence-electron chi connectivity index (χ4n) is 1.65. The Morgan fingerprint density at radius 2 is 2.11 bits per heavy atom. The number of rotatable bonds is 3. The Labute approximate surface area is 103 Å². The van der Waals surface area contributed by atoms with Crippen LogP contribution < -0.4 is 11.4 Å². The lowest BCUT2D eigenvalue weighted by atomic mass is 10.2. The number of nitrogens with two attached hydrogens (primary N) is 1. The number of anilines is 1. The summed E-state index contributed by atoms with van der Waals surface area (Å²) in [4.78, 5) is 14.1. The molecule has 0 aliphatic heterocycles. The summed E-state index contributed by atoms with van der Waals surface area (Å²) in [6.07, 6.45) is 0. The maximum Gasteiger partial charge on any atom is 0.327 e. The highest BCUT2D eigenvalue weighted by atomic mass is 16.1. The molecule has 0 amide bonds. The maximum absolute atomic E-state index is 11.7. The molecule has 0 spiro atoms. The maximum atomic E-state index is 11.7. The smallest absolute Gasteiger partial charge is 0.327 e. The summed E-state index contributed by atoms with van der Waals surface area (Å²) in [6, 6.07) is 11.0. The second-order valence-electron chi connectivity index (χ2n) is 3.75. The van der Waals surface area contributed by atoms with E-state index < -0.39 is 5.69 Å². The number of nitrogens with one attached hydrogen (secondary N) is 2. The summed E-state index contributed by atoms with van der Waals surface area (Å²) in [6.45, 7) is 0.306. The third-order valence-corrected chi connectivity index (χ3v) is 2.57. The minimum absolute atomic E-state index is 0.0680. The van der Waals surface area contributed by atoms with E-state index in [1.807, 2.05) is 30.3 Å². The molecule has 0 atom stereocenters. The Bertz CT molecular complexity index is 675. The van der Waals surface area contributed by atoms with Crippen LogP contribution >= 0.6 is 0 Å². The Balaban J connectivity index is 2.42. The lowest BCUT2D eigenvalue weighted by Crippen LogP contribution is -2.19. The van der Waals surface area contributed by atoms with Gasteiger partial charge in [0.25, 0.3) is 0 Å². The summed E-state index contributed by atoms with van der Waals surface area (Å²) in [5, 5.41) is 16.0. The molecule has 1 aromatic heterocycles. The molecule has 0 aliphatic rings. The van der Waals surface area contributed by atoms with Gasteiger partial charge >= 0.3 is 5.69 Å². The first-order valence-electron chi connectivity index (χ1n) is 5.24. The third-order valence-electron chi connectivity index (χ3n) is 2.57. The van der Waals surface area contributed by atoms with E-state index in [-0.39, 0.29) is 17.2 Å². The van der Waals surface area contributed by atoms with E-state index in [9.17, 15) is 4.79 Å². The average molecular weight is 241 g/mol. The highest BCUT2D eigenvalue weighted by Crippen LogP contribution is 2.10. The van der Waals surface area contributed by atoms with Crippen LogP contribution in [0.3, 0.4) is 0 Å². The van der Waals surface area contributed by atoms with Gasteiger partial charge in [-0.2, -0.15) is 5.26 Å². The van der Waals surface area contributed by atoms with E-state index in [1.54, 1.807) is 6.07 Å². The number of nitrogen functional groups attached to an aromatic ring is 1. The van der Waals surface area contributed by atoms with Crippen LogP contribution in [0.1, 0.15) is 11.3 Å². The molecule has 2 aromatic rings. The number of aromatic amines is 1. The number of nitrogens with zero attached hydrogens (tertiary/aromatic N) is 2. The topological polar surface area (TPSA) is 111 Å². The molecule has 0 bridgehead atoms. The van der Waals surface area contributed by atoms with Gasteiger partial charge in [0.1, 0.15) is 17.6 Å². The Morgan fingerprint density at radius 1 is 1.44 bits per heavy atom. The number of benzene rings is 1. The van der Waals surface area contributed by atoms with Gasteiger partial charge in [0.05, 0.1) is 6.54 Å². The number of nitriles is 1. The van der Waals surface area contributed by atoms with Crippen molar-refractivity contribution < 1.29 is 0 Å². The van der Waals surface area contributed by atoms with Crippen molar-refractivity contribution >= 4 is 11.5 Å². The molecule has 0 fully saturated rings. The number of H-pyrrole nitrogens is 1. The van der Waals surface area contributed by atoms with Crippen molar-refractivity contribution in [2.75, 3.05) is 5.73 Å². The summed E-state index contributed by atoms with van der Waals surface area (Å²) < 4.78 is 1.30. The number of imidazole rings is 1. The predicted molar refractivity (Wildman–Crippen MR) is 67.5 cm³/mol. The zero-order valence-electron chi connectivity index (χ0n) is 9.47. The van der Waals surface area contributed by atoms with Crippen LogP contribution in [0.4, 0.5) is 5.82 Å². The molecule has 0 saturated carbocycles. The van der Waals surface area contributed by atoms with Crippen molar-refractivity contribution in [1.29, 1.82) is 10.7 Å². The minimum Gasteiger partial charge on any atom is -0.383 e. The number of hydrogen-bond donors (Lipinski definition) is 3. The Hall–Kier alpha value is -2.81. The van der Waals surface area contributed by atoms with Gasteiger partial charge in [0.2, 0.25) is 0 Å². The van der Waals surface area contributed by atoms with Gasteiger partial charge in [-0.1, -0.05) is 30.3 Å². The first-order chi connectivity index (χ1) is 8.63. The molecule has 0 aliphatic carbocycles. The summed E-state index contributed by atoms with van der Waals surface area (Å²) in [5.41, 5.74) is 5.98. The van der Waals surface area contributed by atoms with E-state index in [2.05, 4.69) is 4.98 Å². The quantitative estimate of drug-likeness (QED) is 0.687. The monoisotopic (exact) mass is 241 g/mol. The molecule has 18 heavy (non-hydrogen) atoms. The van der Waals surface area contributed by atoms with Crippen LogP contribution in [0.25, 0.3) is 0 Å². The van der Waals surface area contributed by atoms with Crippen LogP contribution in [0.2, 0.25) is 0 Å². The van der Waals surface area contributed by atoms with Gasteiger partial charge in [-0.05, 0) is 5.56 Å². The van der Waals surface area contributed by atoms with Crippen molar-refractivity contribution in [1.82, 2.24) is 9.55 Å². The average Bonchev–Trinajstić information content (AvgIpc) is 2.67. The van der Waals surface area contributed by atoms with Gasteiger partial charge in [-0.25, -0.2) is 4.79 Å². The molecule has 0 radical (unpaired) electrons. The largest absolute Gasteiger partial charge is 0.383 e.